The Morgan fingerprint density at radius 3 is 2.19 bits per heavy atom. The molecule has 0 aliphatic carbocycles. The molecule has 1 saturated heterocycles. The Kier molecular flexibility index (Phi) is 5.17. The maximum atomic E-state index is 11.3. The fourth-order valence-electron chi connectivity index (χ4n) is 1.80. The lowest BCUT2D eigenvalue weighted by molar-refractivity contribution is 0.188. The van der Waals surface area contributed by atoms with Crippen LogP contribution >= 0.6 is 0 Å². The maximum Gasteiger partial charge on any atom is 0.211 e. The van der Waals surface area contributed by atoms with Crippen molar-refractivity contribution >= 4 is 10.0 Å². The van der Waals surface area contributed by atoms with E-state index in [1.54, 1.807) is 4.31 Å². The summed E-state index contributed by atoms with van der Waals surface area (Å²) >= 11 is 0. The van der Waals surface area contributed by atoms with Crippen molar-refractivity contribution in [3.05, 3.63) is 0 Å². The molecule has 0 bridgehead atoms. The monoisotopic (exact) mass is 249 g/mol. The zero-order chi connectivity index (χ0) is 12.2. The number of nitrogens with zero attached hydrogens (tertiary/aromatic N) is 2. The van der Waals surface area contributed by atoms with Gasteiger partial charge < -0.3 is 5.32 Å². The molecule has 0 radical (unpaired) electrons. The highest BCUT2D eigenvalue weighted by Crippen LogP contribution is 2.05. The van der Waals surface area contributed by atoms with Gasteiger partial charge in [0.1, 0.15) is 0 Å². The van der Waals surface area contributed by atoms with E-state index < -0.39 is 10.0 Å². The number of hydrogen-bond donors (Lipinski definition) is 1. The maximum absolute atomic E-state index is 11.3. The van der Waals surface area contributed by atoms with Crippen LogP contribution in [0.4, 0.5) is 0 Å². The lowest BCUT2D eigenvalue weighted by atomic mass is 10.3. The third kappa shape index (κ3) is 4.78. The van der Waals surface area contributed by atoms with Crippen molar-refractivity contribution in [2.75, 3.05) is 45.5 Å². The van der Waals surface area contributed by atoms with Crippen molar-refractivity contribution in [3.63, 3.8) is 0 Å². The summed E-state index contributed by atoms with van der Waals surface area (Å²) in [4.78, 5) is 2.30. The lowest BCUT2D eigenvalue weighted by Crippen LogP contribution is -2.49. The predicted octanol–water partition coefficient (Wildman–Crippen LogP) is -0.438. The van der Waals surface area contributed by atoms with E-state index in [0.717, 1.165) is 26.2 Å². The topological polar surface area (TPSA) is 52.6 Å². The molecule has 0 aromatic carbocycles. The third-order valence-electron chi connectivity index (χ3n) is 2.78. The van der Waals surface area contributed by atoms with Gasteiger partial charge >= 0.3 is 0 Å². The van der Waals surface area contributed by atoms with Gasteiger partial charge in [0.05, 0.1) is 6.26 Å². The van der Waals surface area contributed by atoms with Crippen molar-refractivity contribution in [1.29, 1.82) is 0 Å². The van der Waals surface area contributed by atoms with Crippen molar-refractivity contribution in [3.8, 4) is 0 Å². The molecule has 1 aliphatic heterocycles. The first-order valence-electron chi connectivity index (χ1n) is 5.80. The van der Waals surface area contributed by atoms with Gasteiger partial charge in [-0.15, -0.1) is 0 Å². The zero-order valence-electron chi connectivity index (χ0n) is 10.4. The van der Waals surface area contributed by atoms with E-state index >= 15 is 0 Å². The molecule has 0 unspecified atom stereocenters. The van der Waals surface area contributed by atoms with Gasteiger partial charge in [0.25, 0.3) is 0 Å². The van der Waals surface area contributed by atoms with Crippen LogP contribution in [0.2, 0.25) is 0 Å². The first-order valence-corrected chi connectivity index (χ1v) is 7.65. The normalized spacial score (nSPS) is 20.5. The van der Waals surface area contributed by atoms with E-state index in [9.17, 15) is 8.42 Å². The minimum atomic E-state index is -2.99. The van der Waals surface area contributed by atoms with Crippen LogP contribution < -0.4 is 5.32 Å². The molecule has 0 aromatic heterocycles. The van der Waals surface area contributed by atoms with E-state index in [-0.39, 0.29) is 0 Å². The molecule has 0 spiro atoms. The van der Waals surface area contributed by atoms with Crippen LogP contribution in [-0.2, 0) is 10.0 Å². The number of hydrogen-bond acceptors (Lipinski definition) is 4. The zero-order valence-corrected chi connectivity index (χ0v) is 11.3. The van der Waals surface area contributed by atoms with E-state index in [0.29, 0.717) is 19.1 Å². The summed E-state index contributed by atoms with van der Waals surface area (Å²) in [6.45, 7) is 9.15. The lowest BCUT2D eigenvalue weighted by Gasteiger charge is -2.33. The third-order valence-corrected chi connectivity index (χ3v) is 4.08. The number of sulfonamides is 1. The standard InChI is InChI=1S/C10H23N3O2S/c1-10(2)11-4-5-12-6-8-13(9-7-12)16(3,14)15/h10-11H,4-9H2,1-3H3. The van der Waals surface area contributed by atoms with Gasteiger partial charge in [-0.05, 0) is 0 Å². The molecule has 1 heterocycles. The summed E-state index contributed by atoms with van der Waals surface area (Å²) in [6, 6.07) is 0.511. The van der Waals surface area contributed by atoms with Gasteiger partial charge in [0.2, 0.25) is 10.0 Å². The fraction of sp³-hybridized carbons (Fsp3) is 1.00. The molecule has 0 amide bonds. The highest BCUT2D eigenvalue weighted by Gasteiger charge is 2.22. The van der Waals surface area contributed by atoms with Crippen molar-refractivity contribution in [1.82, 2.24) is 14.5 Å². The second-order valence-corrected chi connectivity index (χ2v) is 6.59. The van der Waals surface area contributed by atoms with Gasteiger partial charge in [-0.1, -0.05) is 13.8 Å². The molecule has 1 aliphatic rings. The van der Waals surface area contributed by atoms with Crippen molar-refractivity contribution < 1.29 is 8.42 Å². The second kappa shape index (κ2) is 5.95. The smallest absolute Gasteiger partial charge is 0.211 e. The first-order chi connectivity index (χ1) is 7.39. The molecule has 0 atom stereocenters. The summed E-state index contributed by atoms with van der Waals surface area (Å²) in [5.74, 6) is 0. The molecule has 0 aromatic rings. The van der Waals surface area contributed by atoms with Crippen LogP contribution in [0.3, 0.4) is 0 Å². The number of piperazine rings is 1. The fourth-order valence-corrected chi connectivity index (χ4v) is 2.62. The molecular formula is C10H23N3O2S. The second-order valence-electron chi connectivity index (χ2n) is 4.61. The Balaban J connectivity index is 2.22. The average Bonchev–Trinajstić information content (AvgIpc) is 2.16. The molecular weight excluding hydrogens is 226 g/mol. The Morgan fingerprint density at radius 2 is 1.75 bits per heavy atom. The average molecular weight is 249 g/mol. The Hall–Kier alpha value is -0.170. The van der Waals surface area contributed by atoms with Gasteiger partial charge in [0.15, 0.2) is 0 Å². The van der Waals surface area contributed by atoms with E-state index in [2.05, 4.69) is 24.1 Å². The van der Waals surface area contributed by atoms with Crippen LogP contribution in [0.1, 0.15) is 13.8 Å². The van der Waals surface area contributed by atoms with Crippen LogP contribution in [0.25, 0.3) is 0 Å². The summed E-state index contributed by atoms with van der Waals surface area (Å²) in [7, 11) is -2.99. The predicted molar refractivity (Wildman–Crippen MR) is 66.0 cm³/mol. The van der Waals surface area contributed by atoms with Gasteiger partial charge in [-0.25, -0.2) is 8.42 Å². The highest BCUT2D eigenvalue weighted by molar-refractivity contribution is 7.88. The van der Waals surface area contributed by atoms with E-state index in [1.165, 1.54) is 6.26 Å². The van der Waals surface area contributed by atoms with Gasteiger partial charge in [-0.2, -0.15) is 4.31 Å². The summed E-state index contributed by atoms with van der Waals surface area (Å²) in [5, 5.41) is 3.36. The molecule has 6 heteroatoms. The molecule has 5 nitrogen and oxygen atoms in total. The molecule has 16 heavy (non-hydrogen) atoms. The van der Waals surface area contributed by atoms with Gasteiger partial charge in [-0.3, -0.25) is 4.90 Å². The van der Waals surface area contributed by atoms with E-state index in [4.69, 9.17) is 0 Å². The molecule has 96 valence electrons. The van der Waals surface area contributed by atoms with Crippen molar-refractivity contribution in [2.24, 2.45) is 0 Å². The van der Waals surface area contributed by atoms with Crippen LogP contribution in [0.15, 0.2) is 0 Å². The Morgan fingerprint density at radius 1 is 1.19 bits per heavy atom. The van der Waals surface area contributed by atoms with Crippen LogP contribution in [0, 0.1) is 0 Å². The number of rotatable bonds is 5. The Labute approximate surface area is 98.8 Å². The summed E-state index contributed by atoms with van der Waals surface area (Å²) < 4.78 is 24.1. The summed E-state index contributed by atoms with van der Waals surface area (Å²) in [6.07, 6.45) is 1.28. The SMILES string of the molecule is CC(C)NCCN1CCN(S(C)(=O)=O)CC1. The molecule has 1 rings (SSSR count). The molecule has 0 saturated carbocycles. The summed E-state index contributed by atoms with van der Waals surface area (Å²) in [5.41, 5.74) is 0. The molecule has 1 N–H and O–H groups in total. The Bertz CT molecular complexity index is 295. The quantitative estimate of drug-likeness (QED) is 0.718. The molecule has 1 fully saturated rings. The van der Waals surface area contributed by atoms with Crippen molar-refractivity contribution in [2.45, 2.75) is 19.9 Å². The minimum absolute atomic E-state index is 0.511. The first kappa shape index (κ1) is 13.9. The van der Waals surface area contributed by atoms with Crippen LogP contribution in [-0.4, -0.2) is 69.2 Å². The van der Waals surface area contributed by atoms with Crippen LogP contribution in [0.5, 0.6) is 0 Å². The van der Waals surface area contributed by atoms with Gasteiger partial charge in [0, 0.05) is 45.3 Å². The minimum Gasteiger partial charge on any atom is -0.313 e. The number of nitrogens with one attached hydrogen (secondary N) is 1. The van der Waals surface area contributed by atoms with E-state index in [1.807, 2.05) is 0 Å². The largest absolute Gasteiger partial charge is 0.313 e. The highest BCUT2D eigenvalue weighted by atomic mass is 32.2.